The highest BCUT2D eigenvalue weighted by Gasteiger charge is 2.10. The molecule has 1 aliphatic rings. The van der Waals surface area contributed by atoms with E-state index in [1.807, 2.05) is 0 Å². The minimum absolute atomic E-state index is 0.653. The first kappa shape index (κ1) is 8.28. The Labute approximate surface area is 65.8 Å². The smallest absolute Gasteiger partial charge is 0.210 e. The fourth-order valence-corrected chi connectivity index (χ4v) is 2.62. The molecule has 0 N–H and O–H groups in total. The van der Waals surface area contributed by atoms with Crippen LogP contribution in [0.5, 0.6) is 0 Å². The minimum Gasteiger partial charge on any atom is -0.306 e. The fourth-order valence-electron chi connectivity index (χ4n) is 1.71. The Balaban J connectivity index is 2.16. The van der Waals surface area contributed by atoms with Gasteiger partial charge in [0.05, 0.1) is 0 Å². The zero-order chi connectivity index (χ0) is 7.23. The van der Waals surface area contributed by atoms with E-state index in [4.69, 9.17) is 0 Å². The van der Waals surface area contributed by atoms with Gasteiger partial charge in [0, 0.05) is 0 Å². The quantitative estimate of drug-likeness (QED) is 0.519. The van der Waals surface area contributed by atoms with Crippen LogP contribution in [0.4, 0.5) is 0 Å². The van der Waals surface area contributed by atoms with Crippen LogP contribution in [0, 0.1) is 0 Å². The summed E-state index contributed by atoms with van der Waals surface area (Å²) in [5.74, 6) is 0. The first-order valence-electron chi connectivity index (χ1n) is 4.51. The molecule has 2 heteroatoms. The Hall–Kier alpha value is 0.177. The third-order valence-electron chi connectivity index (χ3n) is 2.46. The topological polar surface area (TPSA) is 19.9 Å². The molecular formula is C8H17OSi. The average molecular weight is 157 g/mol. The van der Waals surface area contributed by atoms with Crippen LogP contribution in [-0.4, -0.2) is 9.76 Å². The third kappa shape index (κ3) is 2.84. The third-order valence-corrected chi connectivity index (χ3v) is 3.75. The summed E-state index contributed by atoms with van der Waals surface area (Å²) < 4.78 is 0. The van der Waals surface area contributed by atoms with Crippen molar-refractivity contribution in [2.24, 2.45) is 0 Å². The number of hydrogen-bond donors (Lipinski definition) is 0. The highest BCUT2D eigenvalue weighted by Crippen LogP contribution is 2.25. The van der Waals surface area contributed by atoms with Gasteiger partial charge in [-0.05, 0) is 5.54 Å². The Kier molecular flexibility index (Phi) is 4.06. The van der Waals surface area contributed by atoms with Gasteiger partial charge in [0.15, 0.2) is 0 Å². The summed E-state index contributed by atoms with van der Waals surface area (Å²) in [5.41, 5.74) is 0.653. The van der Waals surface area contributed by atoms with E-state index >= 15 is 0 Å². The maximum absolute atomic E-state index is 10.7. The van der Waals surface area contributed by atoms with Crippen LogP contribution in [-0.2, 0) is 4.80 Å². The number of rotatable bonds is 1. The molecule has 0 spiro atoms. The molecule has 0 aliphatic heterocycles. The normalized spacial score (nSPS) is 24.9. The Morgan fingerprint density at radius 2 is 1.40 bits per heavy atom. The molecule has 0 saturated heterocycles. The fraction of sp³-hybridized carbons (Fsp3) is 1.00. The average Bonchev–Trinajstić information content (AvgIpc) is 1.87. The van der Waals surface area contributed by atoms with E-state index in [0.717, 1.165) is 0 Å². The van der Waals surface area contributed by atoms with Crippen molar-refractivity contribution in [2.45, 2.75) is 50.5 Å². The molecule has 0 bridgehead atoms. The van der Waals surface area contributed by atoms with Crippen molar-refractivity contribution >= 4 is 9.76 Å². The molecule has 1 nitrogen and oxygen atoms in total. The zero-order valence-electron chi connectivity index (χ0n) is 6.64. The molecule has 0 amide bonds. The summed E-state index contributed by atoms with van der Waals surface area (Å²) in [5, 5.41) is 0. The molecule has 1 rings (SSSR count). The maximum Gasteiger partial charge on any atom is 0.210 e. The van der Waals surface area contributed by atoms with Gasteiger partial charge in [-0.2, -0.15) is 0 Å². The molecule has 1 fully saturated rings. The summed E-state index contributed by atoms with van der Waals surface area (Å²) in [6.07, 6.45) is 9.36. The van der Waals surface area contributed by atoms with Gasteiger partial charge in [0.25, 0.3) is 0 Å². The van der Waals surface area contributed by atoms with Crippen molar-refractivity contribution in [1.29, 1.82) is 0 Å². The highest BCUT2D eigenvalue weighted by atomic mass is 28.2. The molecule has 1 aliphatic carbocycles. The summed E-state index contributed by atoms with van der Waals surface area (Å²) in [6, 6.07) is 0. The van der Waals surface area contributed by atoms with Crippen molar-refractivity contribution < 1.29 is 4.80 Å². The van der Waals surface area contributed by atoms with Gasteiger partial charge in [0.2, 0.25) is 9.76 Å². The predicted molar refractivity (Wildman–Crippen MR) is 45.3 cm³/mol. The van der Waals surface area contributed by atoms with Crippen molar-refractivity contribution in [3.63, 3.8) is 0 Å². The molecule has 0 aromatic carbocycles. The first-order valence-corrected chi connectivity index (χ1v) is 5.91. The molecule has 0 unspecified atom stereocenters. The van der Waals surface area contributed by atoms with Gasteiger partial charge in [-0.3, -0.25) is 0 Å². The SMILES string of the molecule is [O][SiH2]C1CCCCCCC1. The Bertz CT molecular complexity index is 77.3. The van der Waals surface area contributed by atoms with Crippen molar-refractivity contribution in [2.75, 3.05) is 0 Å². The first-order chi connectivity index (χ1) is 4.93. The lowest BCUT2D eigenvalue weighted by molar-refractivity contribution is 0.424. The van der Waals surface area contributed by atoms with E-state index in [1.54, 1.807) is 0 Å². The molecule has 0 atom stereocenters. The van der Waals surface area contributed by atoms with Gasteiger partial charge in [-0.1, -0.05) is 44.9 Å². The van der Waals surface area contributed by atoms with Crippen LogP contribution < -0.4 is 0 Å². The zero-order valence-corrected chi connectivity index (χ0v) is 8.06. The monoisotopic (exact) mass is 157 g/mol. The highest BCUT2D eigenvalue weighted by molar-refractivity contribution is 6.27. The molecule has 0 aromatic heterocycles. The van der Waals surface area contributed by atoms with Crippen LogP contribution >= 0.6 is 0 Å². The summed E-state index contributed by atoms with van der Waals surface area (Å²) in [4.78, 5) is 10.7. The van der Waals surface area contributed by atoms with Crippen molar-refractivity contribution in [3.05, 3.63) is 0 Å². The second-order valence-electron chi connectivity index (χ2n) is 3.38. The summed E-state index contributed by atoms with van der Waals surface area (Å²) >= 11 is 0. The summed E-state index contributed by atoms with van der Waals surface area (Å²) in [6.45, 7) is 0. The number of hydrogen-bond acceptors (Lipinski definition) is 0. The van der Waals surface area contributed by atoms with Gasteiger partial charge < -0.3 is 4.80 Å². The Morgan fingerprint density at radius 1 is 0.900 bits per heavy atom. The lowest BCUT2D eigenvalue weighted by atomic mass is 10.0. The second-order valence-corrected chi connectivity index (χ2v) is 4.87. The van der Waals surface area contributed by atoms with Crippen LogP contribution in [0.3, 0.4) is 0 Å². The largest absolute Gasteiger partial charge is 0.306 e. The second kappa shape index (κ2) is 4.91. The van der Waals surface area contributed by atoms with Gasteiger partial charge in [-0.15, -0.1) is 0 Å². The van der Waals surface area contributed by atoms with E-state index in [0.29, 0.717) is 5.54 Å². The molecule has 1 radical (unpaired) electrons. The molecule has 10 heavy (non-hydrogen) atoms. The van der Waals surface area contributed by atoms with Crippen LogP contribution in [0.2, 0.25) is 5.54 Å². The van der Waals surface area contributed by atoms with Crippen LogP contribution in [0.1, 0.15) is 44.9 Å². The Morgan fingerprint density at radius 3 is 1.90 bits per heavy atom. The standard InChI is InChI=1S/C8H17OSi/c9-10-8-6-4-2-1-3-5-7-8/h8H,1-7,10H2. The van der Waals surface area contributed by atoms with E-state index in [1.165, 1.54) is 44.9 Å². The lowest BCUT2D eigenvalue weighted by Gasteiger charge is -2.15. The molecule has 0 heterocycles. The minimum atomic E-state index is -0.919. The predicted octanol–water partition coefficient (Wildman–Crippen LogP) is 2.03. The van der Waals surface area contributed by atoms with Crippen molar-refractivity contribution in [3.8, 4) is 0 Å². The van der Waals surface area contributed by atoms with Crippen LogP contribution in [0.15, 0.2) is 0 Å². The van der Waals surface area contributed by atoms with Gasteiger partial charge in [-0.25, -0.2) is 0 Å². The molecule has 1 saturated carbocycles. The van der Waals surface area contributed by atoms with Crippen molar-refractivity contribution in [1.82, 2.24) is 0 Å². The summed E-state index contributed by atoms with van der Waals surface area (Å²) in [7, 11) is -0.919. The van der Waals surface area contributed by atoms with E-state index < -0.39 is 9.76 Å². The molecule has 0 aromatic rings. The van der Waals surface area contributed by atoms with E-state index in [9.17, 15) is 4.80 Å². The van der Waals surface area contributed by atoms with Crippen LogP contribution in [0.25, 0.3) is 0 Å². The maximum atomic E-state index is 10.7. The van der Waals surface area contributed by atoms with E-state index in [2.05, 4.69) is 0 Å². The van der Waals surface area contributed by atoms with E-state index in [-0.39, 0.29) is 0 Å². The van der Waals surface area contributed by atoms with Gasteiger partial charge in [0.1, 0.15) is 0 Å². The molecule has 59 valence electrons. The molecular weight excluding hydrogens is 140 g/mol. The van der Waals surface area contributed by atoms with Gasteiger partial charge >= 0.3 is 0 Å². The lowest BCUT2D eigenvalue weighted by Crippen LogP contribution is -2.04.